The molecule has 4 aromatic carbocycles. The summed E-state index contributed by atoms with van der Waals surface area (Å²) in [5.74, 6) is 2.59. The highest BCUT2D eigenvalue weighted by Gasteiger charge is 2.77. The zero-order valence-electron chi connectivity index (χ0n) is 70.2. The van der Waals surface area contributed by atoms with Gasteiger partial charge in [0.15, 0.2) is 52.8 Å². The first-order valence-electron chi connectivity index (χ1n) is 45.0. The second kappa shape index (κ2) is 32.1. The molecule has 4 saturated heterocycles. The minimum atomic E-state index is -1.13. The molecule has 26 heteroatoms. The Kier molecular flexibility index (Phi) is 22.0. The Balaban J connectivity index is 0.569. The number of rotatable bonds is 38. The van der Waals surface area contributed by atoms with Crippen LogP contribution in [0.15, 0.2) is 99.2 Å². The molecule has 8 bridgehead atoms. The van der Waals surface area contributed by atoms with Gasteiger partial charge in [0.2, 0.25) is 0 Å². The van der Waals surface area contributed by atoms with Crippen molar-refractivity contribution in [2.24, 2.45) is 17.3 Å². The van der Waals surface area contributed by atoms with Gasteiger partial charge in [-0.25, -0.2) is 0 Å². The number of hydrogen-bond donors (Lipinski definition) is 7. The van der Waals surface area contributed by atoms with Crippen LogP contribution in [0.4, 0.5) is 0 Å². The summed E-state index contributed by atoms with van der Waals surface area (Å²) in [7, 11) is 1.63. The van der Waals surface area contributed by atoms with Crippen molar-refractivity contribution in [1.29, 1.82) is 0 Å². The van der Waals surface area contributed by atoms with Gasteiger partial charge in [-0.2, -0.15) is 0 Å². The molecule has 0 radical (unpaired) electrons. The number of likely N-dealkylation sites (tertiary alicyclic amines) is 4. The number of nitrogens with zero attached hydrogens (tertiary/aromatic N) is 4. The number of methoxy groups -OCH3 is 1. The second-order valence-electron chi connectivity index (χ2n) is 38.1. The van der Waals surface area contributed by atoms with E-state index in [1.807, 2.05) is 48.6 Å². The first kappa shape index (κ1) is 82.8. The SMILES string of the molecule is C=CCN1CC[C@]23c4c5ccc(O)c4O[C@H]2C(OCCOCC(COCCOC2CC[C@@]4(O)C6Cc7ccc(O)c8c7[C@@]4(CCN6CC=C)C2O8)(COCCOC2CC[C@@]4(O)C6Cc7ccc(O)c8c7[C@@]4(CCN6CC=C)C2O8)COCCOC2CC[C@@]4(O)C6Cc7ccc(OCOCCOC)c8c7[C@@]4(CCN(CC=C)C6)[C@H]2O8)CC[C@@]3(O)C(C5)C1. The molecule has 0 amide bonds. The van der Waals surface area contributed by atoms with Gasteiger partial charge in [0, 0.05) is 92.6 Å². The second-order valence-corrected chi connectivity index (χ2v) is 38.1. The maximum absolute atomic E-state index is 13.5. The van der Waals surface area contributed by atoms with E-state index in [4.69, 9.17) is 71.1 Å². The number of aromatic hydroxyl groups is 3. The van der Waals surface area contributed by atoms with E-state index in [0.29, 0.717) is 171 Å². The lowest BCUT2D eigenvalue weighted by Gasteiger charge is -2.64. The Bertz CT molecular complexity index is 4450. The van der Waals surface area contributed by atoms with E-state index in [1.165, 1.54) is 0 Å². The molecule has 8 aliphatic carbocycles. The molecule has 4 aromatic rings. The molecule has 7 N–H and O–H groups in total. The van der Waals surface area contributed by atoms with Crippen molar-refractivity contribution in [3.8, 4) is 46.0 Å². The summed E-state index contributed by atoms with van der Waals surface area (Å²) in [5, 5.41) is 87.8. The molecule has 20 rings (SSSR count). The summed E-state index contributed by atoms with van der Waals surface area (Å²) < 4.78 is 101. The van der Waals surface area contributed by atoms with Crippen molar-refractivity contribution in [3.05, 3.63) is 144 Å². The minimum absolute atomic E-state index is 0.00110. The fraction of sp³-hybridized carbons (Fsp3) is 0.663. The van der Waals surface area contributed by atoms with E-state index >= 15 is 0 Å². The van der Waals surface area contributed by atoms with Gasteiger partial charge in [0.1, 0.15) is 24.4 Å². The van der Waals surface area contributed by atoms with Gasteiger partial charge in [-0.15, -0.1) is 26.3 Å². The lowest BCUT2D eigenvalue weighted by atomic mass is 9.48. The average molecular weight is 1670 g/mol. The number of aliphatic hydroxyl groups is 4. The molecule has 8 heterocycles. The molecule has 8 aliphatic heterocycles. The zero-order valence-corrected chi connectivity index (χ0v) is 70.2. The fourth-order valence-electron chi connectivity index (χ4n) is 27.8. The Morgan fingerprint density at radius 2 is 0.736 bits per heavy atom. The van der Waals surface area contributed by atoms with Gasteiger partial charge < -0.3 is 107 Å². The maximum atomic E-state index is 13.5. The van der Waals surface area contributed by atoms with E-state index in [2.05, 4.69) is 52.0 Å². The standard InChI is InChI=1S/C95H124N4O22/c1-6-30-96-34-26-88-75-59-10-14-65(100)79(75)118-83(88)69(18-22-92(88,103)63(48-59)52-96)113-44-40-108-54-87(56-110-42-46-115-71-20-24-94(105)73-50-61-11-15-66(101)80-76(61)90(94,85(71)119-80)28-36-98(73)32-8-3,57-111-43-47-116-72-21-25-95(106)74-51-62-12-16-67(102)81-77(62)91(95,86(72)120-81)29-37-99(74)33-9-4)55-109-41-45-114-70-19-23-93(104)64-49-60-13-17-68(117-58-112-39-38-107-5)82-78(60)89(93,84(70)121-82)27-35-97(53-64)31-7-2/h6-17,63-64,69-74,83-86,100-106H,1-4,18-58H2,5H3/t63?,64?,69?,70?,71?,72?,73?,74?,83-,84-,85?,86?,87?,88-,89-,90-,91-,92+,93+,94+,95+/m0/s1. The molecule has 8 fully saturated rings. The van der Waals surface area contributed by atoms with Gasteiger partial charge in [-0.05, 0) is 175 Å². The largest absolute Gasteiger partial charge is 0.504 e. The third kappa shape index (κ3) is 12.5. The van der Waals surface area contributed by atoms with Crippen LogP contribution in [0, 0.1) is 17.3 Å². The van der Waals surface area contributed by atoms with Crippen LogP contribution in [-0.2, 0) is 94.7 Å². The van der Waals surface area contributed by atoms with Crippen LogP contribution < -0.4 is 23.7 Å². The minimum Gasteiger partial charge on any atom is -0.504 e. The lowest BCUT2D eigenvalue weighted by molar-refractivity contribution is -0.216. The average Bonchev–Trinajstić information content (AvgIpc) is 1.57. The van der Waals surface area contributed by atoms with E-state index in [9.17, 15) is 35.7 Å². The summed E-state index contributed by atoms with van der Waals surface area (Å²) in [5.41, 5.74) is -0.519. The first-order chi connectivity index (χ1) is 58.8. The Morgan fingerprint density at radius 3 is 1.12 bits per heavy atom. The number of hydrogen-bond acceptors (Lipinski definition) is 26. The topological polar surface area (TPSA) is 293 Å². The number of ether oxygens (including phenoxy) is 15. The number of phenols is 3. The maximum Gasteiger partial charge on any atom is 0.189 e. The van der Waals surface area contributed by atoms with Crippen LogP contribution >= 0.6 is 0 Å². The highest BCUT2D eigenvalue weighted by atomic mass is 16.7. The van der Waals surface area contributed by atoms with Crippen molar-refractivity contribution in [3.63, 3.8) is 0 Å². The predicted molar refractivity (Wildman–Crippen MR) is 445 cm³/mol. The van der Waals surface area contributed by atoms with Crippen LogP contribution in [0.5, 0.6) is 46.0 Å². The molecule has 16 aliphatic rings. The highest BCUT2D eigenvalue weighted by molar-refractivity contribution is 5.67. The van der Waals surface area contributed by atoms with E-state index < -0.39 is 98.3 Å². The smallest absolute Gasteiger partial charge is 0.189 e. The summed E-state index contributed by atoms with van der Waals surface area (Å²) in [6.07, 6.45) is 13.0. The number of benzene rings is 4. The predicted octanol–water partition coefficient (Wildman–Crippen LogP) is 7.35. The van der Waals surface area contributed by atoms with Crippen molar-refractivity contribution in [1.82, 2.24) is 19.6 Å². The van der Waals surface area contributed by atoms with Gasteiger partial charge in [0.25, 0.3) is 0 Å². The summed E-state index contributed by atoms with van der Waals surface area (Å²) in [4.78, 5) is 9.48. The molecule has 0 aromatic heterocycles. The fourth-order valence-corrected chi connectivity index (χ4v) is 27.8. The van der Waals surface area contributed by atoms with E-state index in [-0.39, 0.29) is 127 Å². The number of piperidine rings is 2. The molecule has 121 heavy (non-hydrogen) atoms. The van der Waals surface area contributed by atoms with Gasteiger partial charge in [0.05, 0.1) is 166 Å². The van der Waals surface area contributed by atoms with Crippen LogP contribution in [0.3, 0.4) is 0 Å². The third-order valence-corrected chi connectivity index (χ3v) is 32.7. The molecule has 656 valence electrons. The molecular formula is C95H124N4O22. The normalized spacial score (nSPS) is 37.2. The van der Waals surface area contributed by atoms with Gasteiger partial charge in [-0.1, -0.05) is 48.6 Å². The van der Waals surface area contributed by atoms with Crippen LogP contribution in [-0.4, -0.2) is 311 Å². The van der Waals surface area contributed by atoms with Gasteiger partial charge in [-0.3, -0.25) is 19.6 Å². The molecule has 4 spiro atoms. The first-order valence-corrected chi connectivity index (χ1v) is 45.0. The molecular weight excluding hydrogens is 1550 g/mol. The summed E-state index contributed by atoms with van der Waals surface area (Å²) >= 11 is 0. The zero-order chi connectivity index (χ0) is 83.1. The van der Waals surface area contributed by atoms with Crippen LogP contribution in [0.1, 0.15) is 122 Å². The monoisotopic (exact) mass is 1670 g/mol. The molecule has 10 unspecified atom stereocenters. The van der Waals surface area contributed by atoms with Crippen LogP contribution in [0.25, 0.3) is 0 Å². The molecule has 4 saturated carbocycles. The lowest BCUT2D eigenvalue weighted by Crippen LogP contribution is -2.77. The quantitative estimate of drug-likeness (QED) is 0.0131. The molecule has 20 atom stereocenters. The van der Waals surface area contributed by atoms with Crippen molar-refractivity contribution in [2.75, 3.05) is 172 Å². The van der Waals surface area contributed by atoms with E-state index in [1.54, 1.807) is 25.3 Å². The van der Waals surface area contributed by atoms with Crippen molar-refractivity contribution in [2.45, 2.75) is 208 Å². The molecule has 26 nitrogen and oxygen atoms in total. The number of phenolic OH excluding ortho intramolecular Hbond substituents is 3. The highest BCUT2D eigenvalue weighted by Crippen LogP contribution is 2.71. The van der Waals surface area contributed by atoms with Gasteiger partial charge >= 0.3 is 0 Å². The third-order valence-electron chi connectivity index (χ3n) is 32.7. The Hall–Kier alpha value is -6.48. The van der Waals surface area contributed by atoms with Crippen molar-refractivity contribution < 1.29 is 107 Å². The Morgan fingerprint density at radius 1 is 0.397 bits per heavy atom. The summed E-state index contributed by atoms with van der Waals surface area (Å²) in [6.45, 7) is 25.9. The van der Waals surface area contributed by atoms with Crippen molar-refractivity contribution >= 4 is 0 Å². The summed E-state index contributed by atoms with van der Waals surface area (Å²) in [6, 6.07) is 14.9. The van der Waals surface area contributed by atoms with E-state index in [0.717, 1.165) is 83.8 Å². The van der Waals surface area contributed by atoms with Crippen LogP contribution in [0.2, 0.25) is 0 Å². The Labute approximate surface area is 709 Å².